The van der Waals surface area contributed by atoms with Crippen LogP contribution in [0.15, 0.2) is 71.8 Å². The molecule has 4 aromatic rings. The second kappa shape index (κ2) is 9.39. The number of methoxy groups -OCH3 is 1. The van der Waals surface area contributed by atoms with Crippen LogP contribution in [-0.2, 0) is 11.3 Å². The second-order valence-corrected chi connectivity index (χ2v) is 7.41. The van der Waals surface area contributed by atoms with Crippen molar-refractivity contribution in [3.05, 3.63) is 82.9 Å². The van der Waals surface area contributed by atoms with E-state index in [0.29, 0.717) is 34.8 Å². The van der Waals surface area contributed by atoms with Gasteiger partial charge in [0.05, 0.1) is 12.8 Å². The number of benzene rings is 2. The molecule has 9 heteroatoms. The number of anilines is 1. The van der Waals surface area contributed by atoms with E-state index >= 15 is 0 Å². The molecule has 0 fully saturated rings. The average Bonchev–Trinajstić information content (AvgIpc) is 3.25. The van der Waals surface area contributed by atoms with Crippen LogP contribution >= 0.6 is 0 Å². The lowest BCUT2D eigenvalue weighted by molar-refractivity contribution is -0.114. The van der Waals surface area contributed by atoms with Gasteiger partial charge in [0.25, 0.3) is 11.5 Å². The van der Waals surface area contributed by atoms with Crippen LogP contribution in [0.25, 0.3) is 16.8 Å². The van der Waals surface area contributed by atoms with Crippen LogP contribution in [0.4, 0.5) is 5.69 Å². The highest BCUT2D eigenvalue weighted by Crippen LogP contribution is 2.23. The maximum Gasteiger partial charge on any atom is 0.276 e. The molecule has 0 bridgehead atoms. The fraction of sp³-hybridized carbons (Fsp3) is 0.167. The van der Waals surface area contributed by atoms with Crippen molar-refractivity contribution in [3.8, 4) is 17.0 Å². The molecule has 0 saturated carbocycles. The standard InChI is InChI=1S/C24H23N5O4/c1-16(30)26-19-7-3-6-18(13-19)23(31)25-9-10-28-11-12-29-22(24(28)32)15-21(27-29)17-5-4-8-20(14-17)33-2/h3-8,11-15H,9-10H2,1-2H3,(H,25,31)(H,26,30). The summed E-state index contributed by atoms with van der Waals surface area (Å²) in [5.41, 5.74) is 2.70. The Balaban J connectivity index is 1.46. The van der Waals surface area contributed by atoms with Crippen LogP contribution in [0.1, 0.15) is 17.3 Å². The largest absolute Gasteiger partial charge is 0.497 e. The van der Waals surface area contributed by atoms with E-state index in [9.17, 15) is 14.4 Å². The molecule has 0 aliphatic carbocycles. The van der Waals surface area contributed by atoms with E-state index in [2.05, 4.69) is 15.7 Å². The first-order valence-electron chi connectivity index (χ1n) is 10.3. The number of carbonyl (C=O) groups excluding carboxylic acids is 2. The van der Waals surface area contributed by atoms with E-state index in [0.717, 1.165) is 5.56 Å². The summed E-state index contributed by atoms with van der Waals surface area (Å²) >= 11 is 0. The minimum atomic E-state index is -0.291. The Bertz CT molecular complexity index is 1390. The number of hydrogen-bond acceptors (Lipinski definition) is 5. The minimum Gasteiger partial charge on any atom is -0.497 e. The summed E-state index contributed by atoms with van der Waals surface area (Å²) in [5, 5.41) is 9.93. The van der Waals surface area contributed by atoms with Gasteiger partial charge in [0.1, 0.15) is 11.3 Å². The molecule has 2 aromatic heterocycles. The lowest BCUT2D eigenvalue weighted by atomic mass is 10.1. The molecule has 33 heavy (non-hydrogen) atoms. The van der Waals surface area contributed by atoms with Crippen molar-refractivity contribution in [2.45, 2.75) is 13.5 Å². The first-order valence-corrected chi connectivity index (χ1v) is 10.3. The zero-order chi connectivity index (χ0) is 23.4. The molecular formula is C24H23N5O4. The summed E-state index contributed by atoms with van der Waals surface area (Å²) in [7, 11) is 1.60. The highest BCUT2D eigenvalue weighted by atomic mass is 16.5. The first kappa shape index (κ1) is 21.8. The third-order valence-electron chi connectivity index (χ3n) is 5.05. The Labute approximate surface area is 189 Å². The van der Waals surface area contributed by atoms with Crippen molar-refractivity contribution in [1.82, 2.24) is 19.5 Å². The molecule has 0 saturated heterocycles. The molecule has 0 aliphatic rings. The molecule has 0 atom stereocenters. The molecule has 2 N–H and O–H groups in total. The van der Waals surface area contributed by atoms with Crippen molar-refractivity contribution in [1.29, 1.82) is 0 Å². The average molecular weight is 445 g/mol. The van der Waals surface area contributed by atoms with Crippen molar-refractivity contribution >= 4 is 23.0 Å². The molecule has 9 nitrogen and oxygen atoms in total. The number of carbonyl (C=O) groups is 2. The smallest absolute Gasteiger partial charge is 0.276 e. The maximum absolute atomic E-state index is 12.9. The summed E-state index contributed by atoms with van der Waals surface area (Å²) in [6.07, 6.45) is 3.35. The zero-order valence-corrected chi connectivity index (χ0v) is 18.2. The predicted molar refractivity (Wildman–Crippen MR) is 125 cm³/mol. The number of hydrogen-bond donors (Lipinski definition) is 2. The normalized spacial score (nSPS) is 10.7. The lowest BCUT2D eigenvalue weighted by Crippen LogP contribution is -2.31. The Hall–Kier alpha value is -4.40. The number of fused-ring (bicyclic) bond motifs is 1. The molecule has 2 aromatic carbocycles. The van der Waals surface area contributed by atoms with Crippen molar-refractivity contribution < 1.29 is 14.3 Å². The lowest BCUT2D eigenvalue weighted by Gasteiger charge is -2.09. The van der Waals surface area contributed by atoms with E-state index < -0.39 is 0 Å². The molecule has 0 radical (unpaired) electrons. The minimum absolute atomic E-state index is 0.207. The number of ether oxygens (including phenoxy) is 1. The first-order chi connectivity index (χ1) is 15.9. The molecular weight excluding hydrogens is 422 g/mol. The third-order valence-corrected chi connectivity index (χ3v) is 5.05. The molecule has 0 spiro atoms. The molecule has 168 valence electrons. The molecule has 0 unspecified atom stereocenters. The van der Waals surface area contributed by atoms with Crippen LogP contribution < -0.4 is 20.9 Å². The van der Waals surface area contributed by atoms with Crippen LogP contribution in [0.3, 0.4) is 0 Å². The van der Waals surface area contributed by atoms with E-state index in [1.807, 2.05) is 24.3 Å². The van der Waals surface area contributed by atoms with Gasteiger partial charge in [0, 0.05) is 49.2 Å². The quantitative estimate of drug-likeness (QED) is 0.455. The predicted octanol–water partition coefficient (Wildman–Crippen LogP) is 2.56. The molecule has 0 aliphatic heterocycles. The zero-order valence-electron chi connectivity index (χ0n) is 18.2. The van der Waals surface area contributed by atoms with Crippen LogP contribution in [0.2, 0.25) is 0 Å². The molecule has 2 amide bonds. The second-order valence-electron chi connectivity index (χ2n) is 7.41. The van der Waals surface area contributed by atoms with E-state index in [-0.39, 0.29) is 23.9 Å². The van der Waals surface area contributed by atoms with Gasteiger partial charge in [0.2, 0.25) is 5.91 Å². The van der Waals surface area contributed by atoms with Crippen LogP contribution in [-0.4, -0.2) is 39.7 Å². The van der Waals surface area contributed by atoms with Crippen LogP contribution in [0, 0.1) is 0 Å². The van der Waals surface area contributed by atoms with Crippen molar-refractivity contribution in [2.75, 3.05) is 19.0 Å². The maximum atomic E-state index is 12.9. The number of aromatic nitrogens is 3. The summed E-state index contributed by atoms with van der Waals surface area (Å²) < 4.78 is 8.33. The summed E-state index contributed by atoms with van der Waals surface area (Å²) in [6.45, 7) is 1.96. The fourth-order valence-electron chi connectivity index (χ4n) is 3.46. The Morgan fingerprint density at radius 3 is 2.67 bits per heavy atom. The fourth-order valence-corrected chi connectivity index (χ4v) is 3.46. The summed E-state index contributed by atoms with van der Waals surface area (Å²) in [6, 6.07) is 15.9. The van der Waals surface area contributed by atoms with Gasteiger partial charge >= 0.3 is 0 Å². The van der Waals surface area contributed by atoms with E-state index in [4.69, 9.17) is 4.74 Å². The third kappa shape index (κ3) is 4.93. The topological polar surface area (TPSA) is 107 Å². The van der Waals surface area contributed by atoms with E-state index in [1.54, 1.807) is 54.4 Å². The van der Waals surface area contributed by atoms with Gasteiger partial charge in [-0.15, -0.1) is 0 Å². The summed E-state index contributed by atoms with van der Waals surface area (Å²) in [5.74, 6) is 0.207. The van der Waals surface area contributed by atoms with E-state index in [1.165, 1.54) is 11.5 Å². The molecule has 4 rings (SSSR count). The van der Waals surface area contributed by atoms with Gasteiger partial charge in [-0.2, -0.15) is 5.10 Å². The number of amides is 2. The van der Waals surface area contributed by atoms with Gasteiger partial charge < -0.3 is 19.9 Å². The van der Waals surface area contributed by atoms with Gasteiger partial charge in [0.15, 0.2) is 0 Å². The summed E-state index contributed by atoms with van der Waals surface area (Å²) in [4.78, 5) is 36.6. The Kier molecular flexibility index (Phi) is 6.21. The number of nitrogens with zero attached hydrogens (tertiary/aromatic N) is 3. The van der Waals surface area contributed by atoms with Gasteiger partial charge in [-0.25, -0.2) is 4.52 Å². The molecule has 2 heterocycles. The van der Waals surface area contributed by atoms with Crippen LogP contribution in [0.5, 0.6) is 5.75 Å². The van der Waals surface area contributed by atoms with Gasteiger partial charge in [-0.05, 0) is 36.4 Å². The van der Waals surface area contributed by atoms with Crippen molar-refractivity contribution in [3.63, 3.8) is 0 Å². The highest BCUT2D eigenvalue weighted by Gasteiger charge is 2.11. The Morgan fingerprint density at radius 2 is 1.88 bits per heavy atom. The van der Waals surface area contributed by atoms with Crippen molar-refractivity contribution in [2.24, 2.45) is 0 Å². The number of nitrogens with one attached hydrogen (secondary N) is 2. The SMILES string of the molecule is COc1cccc(-c2cc3c(=O)n(CCNC(=O)c4cccc(NC(C)=O)c4)ccn3n2)c1. The highest BCUT2D eigenvalue weighted by molar-refractivity contribution is 5.96. The van der Waals surface area contributed by atoms with Gasteiger partial charge in [-0.1, -0.05) is 18.2 Å². The Morgan fingerprint density at radius 1 is 1.06 bits per heavy atom. The van der Waals surface area contributed by atoms with Gasteiger partial charge in [-0.3, -0.25) is 14.4 Å². The number of rotatable bonds is 7. The monoisotopic (exact) mass is 445 g/mol.